The van der Waals surface area contributed by atoms with Crippen molar-refractivity contribution in [1.82, 2.24) is 0 Å². The van der Waals surface area contributed by atoms with E-state index in [0.29, 0.717) is 0 Å². The normalized spacial score (nSPS) is 8.85. The molecule has 0 heterocycles. The molecule has 0 saturated heterocycles. The number of benzene rings is 3. The maximum Gasteiger partial charge on any atom is 0.0249 e. The average Bonchev–Trinajstić information content (AvgIpc) is 2.72. The number of rotatable bonds is 0. The van der Waals surface area contributed by atoms with Gasteiger partial charge in [0.15, 0.2) is 0 Å². The molecule has 0 unspecified atom stereocenters. The predicted octanol–water partition coefficient (Wildman–Crippen LogP) is 4.45. The fourth-order valence-electron chi connectivity index (χ4n) is 2.23. The first-order chi connectivity index (χ1) is 12.8. The molecule has 3 aromatic rings. The van der Waals surface area contributed by atoms with Gasteiger partial charge in [-0.1, -0.05) is 35.5 Å². The van der Waals surface area contributed by atoms with Crippen LogP contribution in [0.1, 0.15) is 33.4 Å². The quantitative estimate of drug-likeness (QED) is 0.536. The Kier molecular flexibility index (Phi) is 5.24. The lowest BCUT2D eigenvalue weighted by Gasteiger charge is -1.94. The zero-order valence-corrected chi connectivity index (χ0v) is 14.1. The van der Waals surface area contributed by atoms with Gasteiger partial charge >= 0.3 is 0 Å². The first kappa shape index (κ1) is 16.7. The van der Waals surface area contributed by atoms with Crippen LogP contribution >= 0.6 is 0 Å². The van der Waals surface area contributed by atoms with E-state index in [1.807, 2.05) is 72.8 Å². The third kappa shape index (κ3) is 4.47. The van der Waals surface area contributed by atoms with E-state index < -0.39 is 0 Å². The average molecular weight is 326 g/mol. The van der Waals surface area contributed by atoms with Crippen LogP contribution in [-0.2, 0) is 0 Å². The van der Waals surface area contributed by atoms with Gasteiger partial charge in [-0.15, -0.1) is 12.8 Å². The molecule has 0 nitrogen and oxygen atoms in total. The molecule has 0 aliphatic heterocycles. The number of hydrogen-bond acceptors (Lipinski definition) is 0. The summed E-state index contributed by atoms with van der Waals surface area (Å²) in [5, 5.41) is 0. The minimum Gasteiger partial charge on any atom is -0.115 e. The number of terminal acetylenes is 2. The molecular weight excluding hydrogens is 312 g/mol. The summed E-state index contributed by atoms with van der Waals surface area (Å²) >= 11 is 0. The Morgan fingerprint density at radius 2 is 0.538 bits per heavy atom. The van der Waals surface area contributed by atoms with Crippen molar-refractivity contribution < 1.29 is 0 Å². The largest absolute Gasteiger partial charge is 0.115 e. The van der Waals surface area contributed by atoms with E-state index in [2.05, 4.69) is 35.5 Å². The monoisotopic (exact) mass is 326 g/mol. The van der Waals surface area contributed by atoms with E-state index in [9.17, 15) is 0 Å². The summed E-state index contributed by atoms with van der Waals surface area (Å²) in [4.78, 5) is 0. The van der Waals surface area contributed by atoms with Gasteiger partial charge in [0.2, 0.25) is 0 Å². The van der Waals surface area contributed by atoms with Gasteiger partial charge in [0.05, 0.1) is 0 Å². The fraction of sp³-hybridized carbons (Fsp3) is 0. The highest BCUT2D eigenvalue weighted by molar-refractivity contribution is 5.49. The van der Waals surface area contributed by atoms with Crippen molar-refractivity contribution in [3.8, 4) is 48.4 Å². The molecule has 0 amide bonds. The summed E-state index contributed by atoms with van der Waals surface area (Å²) in [7, 11) is 0. The summed E-state index contributed by atoms with van der Waals surface area (Å²) < 4.78 is 0. The van der Waals surface area contributed by atoms with E-state index in [0.717, 1.165) is 33.4 Å². The van der Waals surface area contributed by atoms with Gasteiger partial charge in [-0.2, -0.15) is 0 Å². The first-order valence-corrected chi connectivity index (χ1v) is 8.04. The Bertz CT molecular complexity index is 1010. The maximum atomic E-state index is 5.35. The van der Waals surface area contributed by atoms with Crippen LogP contribution in [0.25, 0.3) is 0 Å². The van der Waals surface area contributed by atoms with Crippen LogP contribution in [-0.4, -0.2) is 0 Å². The summed E-state index contributed by atoms with van der Waals surface area (Å²) in [6.45, 7) is 0. The van der Waals surface area contributed by atoms with Gasteiger partial charge in [0, 0.05) is 33.4 Å². The van der Waals surface area contributed by atoms with Gasteiger partial charge in [0.25, 0.3) is 0 Å². The van der Waals surface area contributed by atoms with Gasteiger partial charge in [0.1, 0.15) is 0 Å². The lowest BCUT2D eigenvalue weighted by molar-refractivity contribution is 1.58. The van der Waals surface area contributed by atoms with Gasteiger partial charge in [-0.3, -0.25) is 0 Å². The fourth-order valence-corrected chi connectivity index (χ4v) is 2.23. The third-order valence-electron chi connectivity index (χ3n) is 3.69. The molecular formula is C26H14. The van der Waals surface area contributed by atoms with Crippen LogP contribution in [0.5, 0.6) is 0 Å². The third-order valence-corrected chi connectivity index (χ3v) is 3.69. The molecule has 0 aromatic heterocycles. The molecule has 0 N–H and O–H groups in total. The van der Waals surface area contributed by atoms with Crippen LogP contribution in [0, 0.1) is 48.4 Å². The topological polar surface area (TPSA) is 0 Å². The highest BCUT2D eigenvalue weighted by atomic mass is 13.9. The van der Waals surface area contributed by atoms with E-state index in [-0.39, 0.29) is 0 Å². The van der Waals surface area contributed by atoms with Crippen molar-refractivity contribution >= 4 is 0 Å². The second kappa shape index (κ2) is 8.13. The second-order valence-corrected chi connectivity index (χ2v) is 5.52. The van der Waals surface area contributed by atoms with Gasteiger partial charge in [-0.25, -0.2) is 0 Å². The first-order valence-electron chi connectivity index (χ1n) is 8.04. The molecule has 0 spiro atoms. The molecule has 0 saturated carbocycles. The minimum absolute atomic E-state index is 0.854. The van der Waals surface area contributed by atoms with Crippen LogP contribution in [0.2, 0.25) is 0 Å². The molecule has 0 atom stereocenters. The molecule has 118 valence electrons. The van der Waals surface area contributed by atoms with Crippen molar-refractivity contribution in [2.24, 2.45) is 0 Å². The van der Waals surface area contributed by atoms with Crippen LogP contribution in [0.3, 0.4) is 0 Å². The van der Waals surface area contributed by atoms with Crippen LogP contribution in [0.15, 0.2) is 72.8 Å². The highest BCUT2D eigenvalue weighted by Gasteiger charge is 1.91. The maximum absolute atomic E-state index is 5.35. The van der Waals surface area contributed by atoms with Crippen molar-refractivity contribution in [2.75, 3.05) is 0 Å². The number of hydrogen-bond donors (Lipinski definition) is 0. The zero-order chi connectivity index (χ0) is 18.2. The lowest BCUT2D eigenvalue weighted by Crippen LogP contribution is -1.80. The molecule has 3 rings (SSSR count). The summed E-state index contributed by atoms with van der Waals surface area (Å²) in [6, 6.07) is 23.1. The molecule has 0 heteroatoms. The van der Waals surface area contributed by atoms with Crippen LogP contribution in [0.4, 0.5) is 0 Å². The summed E-state index contributed by atoms with van der Waals surface area (Å²) in [5.74, 6) is 17.7. The lowest BCUT2D eigenvalue weighted by atomic mass is 10.1. The van der Waals surface area contributed by atoms with E-state index in [4.69, 9.17) is 12.8 Å². The second-order valence-electron chi connectivity index (χ2n) is 5.52. The Morgan fingerprint density at radius 1 is 0.346 bits per heavy atom. The van der Waals surface area contributed by atoms with E-state index in [1.165, 1.54) is 0 Å². The standard InChI is InChI=1S/C26H14/c1-3-21-5-9-23(10-6-21)13-15-25-17-19-26(20-18-25)16-14-24-11-7-22(4-2)8-12-24/h1-2,5-12,17-20H. The zero-order valence-electron chi connectivity index (χ0n) is 14.1. The molecule has 0 radical (unpaired) electrons. The molecule has 0 fully saturated rings. The molecule has 0 bridgehead atoms. The highest BCUT2D eigenvalue weighted by Crippen LogP contribution is 2.06. The Hall–Kier alpha value is -4.10. The van der Waals surface area contributed by atoms with Crippen molar-refractivity contribution in [3.63, 3.8) is 0 Å². The molecule has 0 aliphatic rings. The minimum atomic E-state index is 0.854. The van der Waals surface area contributed by atoms with Crippen molar-refractivity contribution in [1.29, 1.82) is 0 Å². The Labute approximate surface area is 154 Å². The van der Waals surface area contributed by atoms with Gasteiger partial charge in [-0.05, 0) is 72.8 Å². The SMILES string of the molecule is C#Cc1ccc(C#Cc2ccc(C#Cc3ccc(C#C)cc3)cc2)cc1. The van der Waals surface area contributed by atoms with Crippen LogP contribution < -0.4 is 0 Å². The molecule has 3 aromatic carbocycles. The molecule has 0 aliphatic carbocycles. The van der Waals surface area contributed by atoms with Crippen molar-refractivity contribution in [3.05, 3.63) is 106 Å². The molecule has 26 heavy (non-hydrogen) atoms. The Morgan fingerprint density at radius 3 is 0.731 bits per heavy atom. The summed E-state index contributed by atoms with van der Waals surface area (Å²) in [5.41, 5.74) is 5.45. The predicted molar refractivity (Wildman–Crippen MR) is 107 cm³/mol. The van der Waals surface area contributed by atoms with Gasteiger partial charge < -0.3 is 0 Å². The smallest absolute Gasteiger partial charge is 0.0249 e. The van der Waals surface area contributed by atoms with E-state index >= 15 is 0 Å². The Balaban J connectivity index is 1.71. The van der Waals surface area contributed by atoms with Crippen molar-refractivity contribution in [2.45, 2.75) is 0 Å². The van der Waals surface area contributed by atoms with E-state index in [1.54, 1.807) is 0 Å². The summed E-state index contributed by atoms with van der Waals surface area (Å²) in [6.07, 6.45) is 10.7.